The number of halogens is 3. The van der Waals surface area contributed by atoms with Crippen LogP contribution in [0.5, 0.6) is 5.75 Å². The molecule has 0 saturated carbocycles. The highest BCUT2D eigenvalue weighted by Crippen LogP contribution is 2.33. The van der Waals surface area contributed by atoms with Gasteiger partial charge in [0.1, 0.15) is 12.4 Å². The fourth-order valence-corrected chi connectivity index (χ4v) is 3.91. The zero-order valence-electron chi connectivity index (χ0n) is 17.0. The zero-order valence-corrected chi connectivity index (χ0v) is 17.8. The minimum atomic E-state index is -4.62. The van der Waals surface area contributed by atoms with E-state index in [1.165, 1.54) is 18.3 Å². The number of fused-ring (bicyclic) bond motifs is 1. The van der Waals surface area contributed by atoms with Gasteiger partial charge in [-0.15, -0.1) is 0 Å². The Balaban J connectivity index is 2.10. The van der Waals surface area contributed by atoms with Gasteiger partial charge in [0.05, 0.1) is 33.6 Å². The Hall–Kier alpha value is -2.72. The van der Waals surface area contributed by atoms with Crippen molar-refractivity contribution in [3.05, 3.63) is 52.6 Å². The van der Waals surface area contributed by atoms with Crippen LogP contribution in [0.25, 0.3) is 10.2 Å². The maximum Gasteiger partial charge on any atom is 0.416 e. The number of hydrogen-bond donors (Lipinski definition) is 1. The van der Waals surface area contributed by atoms with Crippen LogP contribution in [-0.2, 0) is 12.7 Å². The van der Waals surface area contributed by atoms with E-state index in [1.807, 2.05) is 11.5 Å². The second-order valence-corrected chi connectivity index (χ2v) is 8.03. The van der Waals surface area contributed by atoms with Crippen LogP contribution in [0, 0.1) is 0 Å². The Bertz CT molecular complexity index is 1140. The van der Waals surface area contributed by atoms with Gasteiger partial charge in [0.25, 0.3) is 5.91 Å². The van der Waals surface area contributed by atoms with Gasteiger partial charge < -0.3 is 14.4 Å². The summed E-state index contributed by atoms with van der Waals surface area (Å²) in [7, 11) is 0. The van der Waals surface area contributed by atoms with Crippen molar-refractivity contribution in [2.45, 2.75) is 45.5 Å². The largest absolute Gasteiger partial charge is 0.490 e. The fraction of sp³-hybridized carbons (Fsp3) is 0.381. The molecule has 0 unspecified atom stereocenters. The first-order valence-corrected chi connectivity index (χ1v) is 10.6. The van der Waals surface area contributed by atoms with Crippen molar-refractivity contribution in [3.8, 4) is 5.75 Å². The highest BCUT2D eigenvalue weighted by molar-refractivity contribution is 7.16. The van der Waals surface area contributed by atoms with Gasteiger partial charge in [-0.05, 0) is 37.6 Å². The third kappa shape index (κ3) is 5.50. The van der Waals surface area contributed by atoms with E-state index in [2.05, 4.69) is 9.98 Å². The summed E-state index contributed by atoms with van der Waals surface area (Å²) in [5.74, 6) is -0.915. The lowest BCUT2D eigenvalue weighted by Gasteiger charge is -2.13. The number of alkyl halides is 3. The molecule has 1 amide bonds. The molecule has 0 fully saturated rings. The standard InChI is InChI=1S/C21H22F3N3O3S/c1-3-4-9-27-16-11-25-8-7-18(16)31-20(27)26-19(29)15-10-14(21(22,23)24)5-6-17(15)30-12-13(2)28/h5-8,10-11,13,28H,3-4,9,12H2,1-2H3/t13-/m1/s1. The lowest BCUT2D eigenvalue weighted by molar-refractivity contribution is -0.137. The first kappa shape index (κ1) is 23.0. The number of pyridine rings is 1. The van der Waals surface area contributed by atoms with E-state index >= 15 is 0 Å². The van der Waals surface area contributed by atoms with Gasteiger partial charge in [-0.1, -0.05) is 24.7 Å². The molecular weight excluding hydrogens is 431 g/mol. The minimum Gasteiger partial charge on any atom is -0.490 e. The van der Waals surface area contributed by atoms with Gasteiger partial charge in [0.2, 0.25) is 0 Å². The van der Waals surface area contributed by atoms with Gasteiger partial charge >= 0.3 is 6.18 Å². The predicted molar refractivity (Wildman–Crippen MR) is 111 cm³/mol. The maximum atomic E-state index is 13.2. The summed E-state index contributed by atoms with van der Waals surface area (Å²) in [6.07, 6.45) is -0.413. The number of aliphatic hydroxyl groups excluding tert-OH is 1. The molecule has 10 heteroatoms. The van der Waals surface area contributed by atoms with Crippen molar-refractivity contribution in [1.29, 1.82) is 0 Å². The fourth-order valence-electron chi connectivity index (χ4n) is 2.89. The topological polar surface area (TPSA) is 76.7 Å². The van der Waals surface area contributed by atoms with Gasteiger partial charge in [0, 0.05) is 12.7 Å². The van der Waals surface area contributed by atoms with Gasteiger partial charge in [0.15, 0.2) is 4.80 Å². The molecule has 6 nitrogen and oxygen atoms in total. The summed E-state index contributed by atoms with van der Waals surface area (Å²) in [6.45, 7) is 3.93. The third-order valence-corrected chi connectivity index (χ3v) is 5.49. The summed E-state index contributed by atoms with van der Waals surface area (Å²) in [5, 5.41) is 9.44. The quantitative estimate of drug-likeness (QED) is 0.575. The first-order valence-electron chi connectivity index (χ1n) is 9.75. The Morgan fingerprint density at radius 3 is 2.81 bits per heavy atom. The van der Waals surface area contributed by atoms with Crippen molar-refractivity contribution in [2.24, 2.45) is 4.99 Å². The molecule has 166 valence electrons. The summed E-state index contributed by atoms with van der Waals surface area (Å²) >= 11 is 1.26. The summed E-state index contributed by atoms with van der Waals surface area (Å²) < 4.78 is 47.7. The van der Waals surface area contributed by atoms with Crippen LogP contribution >= 0.6 is 11.3 Å². The second kappa shape index (κ2) is 9.61. The number of aryl methyl sites for hydroxylation is 1. The van der Waals surface area contributed by atoms with Crippen LogP contribution in [0.1, 0.15) is 42.6 Å². The van der Waals surface area contributed by atoms with Crippen LogP contribution in [0.2, 0.25) is 0 Å². The average Bonchev–Trinajstić information content (AvgIpc) is 3.06. The number of amides is 1. The van der Waals surface area contributed by atoms with Gasteiger partial charge in [-0.2, -0.15) is 18.2 Å². The van der Waals surface area contributed by atoms with E-state index in [-0.39, 0.29) is 17.9 Å². The number of hydrogen-bond acceptors (Lipinski definition) is 5. The Kier molecular flexibility index (Phi) is 7.11. The number of unbranched alkanes of at least 4 members (excludes halogenated alkanes) is 1. The predicted octanol–water partition coefficient (Wildman–Crippen LogP) is 4.42. The van der Waals surface area contributed by atoms with Crippen molar-refractivity contribution in [2.75, 3.05) is 6.61 Å². The van der Waals surface area contributed by atoms with Gasteiger partial charge in [-0.3, -0.25) is 9.78 Å². The minimum absolute atomic E-state index is 0.0643. The summed E-state index contributed by atoms with van der Waals surface area (Å²) in [6, 6.07) is 4.44. The smallest absolute Gasteiger partial charge is 0.416 e. The maximum absolute atomic E-state index is 13.2. The number of carbonyl (C=O) groups is 1. The number of aliphatic hydroxyl groups is 1. The Labute approximate surface area is 180 Å². The molecular formula is C21H22F3N3O3S. The molecule has 0 saturated heterocycles. The monoisotopic (exact) mass is 453 g/mol. The summed E-state index contributed by atoms with van der Waals surface area (Å²) in [5.41, 5.74) is -0.481. The van der Waals surface area contributed by atoms with E-state index in [0.717, 1.165) is 41.3 Å². The molecule has 1 atom stereocenters. The number of ether oxygens (including phenoxy) is 1. The molecule has 31 heavy (non-hydrogen) atoms. The first-order chi connectivity index (χ1) is 14.7. The Morgan fingerprint density at radius 1 is 1.35 bits per heavy atom. The molecule has 1 N–H and O–H groups in total. The molecule has 0 spiro atoms. The van der Waals surface area contributed by atoms with E-state index < -0.39 is 23.8 Å². The molecule has 0 aliphatic carbocycles. The molecule has 2 heterocycles. The van der Waals surface area contributed by atoms with Crippen LogP contribution in [0.4, 0.5) is 13.2 Å². The normalized spacial score (nSPS) is 13.5. The highest BCUT2D eigenvalue weighted by Gasteiger charge is 2.32. The number of aromatic nitrogens is 2. The van der Waals surface area contributed by atoms with Crippen molar-refractivity contribution >= 4 is 27.5 Å². The molecule has 0 radical (unpaired) electrons. The molecule has 0 bridgehead atoms. The molecule has 2 aromatic heterocycles. The summed E-state index contributed by atoms with van der Waals surface area (Å²) in [4.78, 5) is 21.6. The lowest BCUT2D eigenvalue weighted by atomic mass is 10.1. The number of nitrogens with zero attached hydrogens (tertiary/aromatic N) is 3. The van der Waals surface area contributed by atoms with E-state index in [4.69, 9.17) is 4.74 Å². The molecule has 3 aromatic rings. The molecule has 0 aliphatic rings. The van der Waals surface area contributed by atoms with E-state index in [9.17, 15) is 23.1 Å². The van der Waals surface area contributed by atoms with Crippen LogP contribution < -0.4 is 9.54 Å². The second-order valence-electron chi connectivity index (χ2n) is 7.02. The SMILES string of the molecule is CCCCn1c(=NC(=O)c2cc(C(F)(F)F)ccc2OC[C@@H](C)O)sc2ccncc21. The average molecular weight is 453 g/mol. The molecule has 0 aliphatic heterocycles. The van der Waals surface area contributed by atoms with Gasteiger partial charge in [-0.25, -0.2) is 0 Å². The highest BCUT2D eigenvalue weighted by atomic mass is 32.1. The lowest BCUT2D eigenvalue weighted by Crippen LogP contribution is -2.19. The number of carbonyl (C=O) groups excluding carboxylic acids is 1. The van der Waals surface area contributed by atoms with Crippen LogP contribution in [0.3, 0.4) is 0 Å². The van der Waals surface area contributed by atoms with Crippen molar-refractivity contribution < 1.29 is 27.8 Å². The third-order valence-electron chi connectivity index (χ3n) is 4.43. The van der Waals surface area contributed by atoms with E-state index in [1.54, 1.807) is 18.5 Å². The van der Waals surface area contributed by atoms with Crippen molar-refractivity contribution in [1.82, 2.24) is 9.55 Å². The molecule has 3 rings (SSSR count). The zero-order chi connectivity index (χ0) is 22.6. The van der Waals surface area contributed by atoms with Crippen LogP contribution in [0.15, 0.2) is 41.7 Å². The number of benzene rings is 1. The Morgan fingerprint density at radius 2 is 2.13 bits per heavy atom. The van der Waals surface area contributed by atoms with E-state index in [0.29, 0.717) is 11.3 Å². The number of rotatable bonds is 7. The number of thiazole rings is 1. The molecule has 1 aromatic carbocycles. The van der Waals surface area contributed by atoms with Crippen LogP contribution in [-0.4, -0.2) is 33.3 Å². The van der Waals surface area contributed by atoms with Crippen molar-refractivity contribution in [3.63, 3.8) is 0 Å².